The Morgan fingerprint density at radius 3 is 2.61 bits per heavy atom. The summed E-state index contributed by atoms with van der Waals surface area (Å²) in [6.07, 6.45) is 2.22. The second-order valence-electron chi connectivity index (χ2n) is 7.85. The van der Waals surface area contributed by atoms with Gasteiger partial charge in [0.1, 0.15) is 4.90 Å². The third kappa shape index (κ3) is 3.47. The van der Waals surface area contributed by atoms with Crippen molar-refractivity contribution in [2.75, 3.05) is 6.54 Å². The van der Waals surface area contributed by atoms with Gasteiger partial charge in [-0.25, -0.2) is 22.3 Å². The topological polar surface area (TPSA) is 76.7 Å². The van der Waals surface area contributed by atoms with E-state index in [-0.39, 0.29) is 22.8 Å². The number of fused-ring (bicyclic) bond motifs is 2. The molecule has 0 radical (unpaired) electrons. The maximum Gasteiger partial charge on any atom is 0.350 e. The van der Waals surface area contributed by atoms with Crippen molar-refractivity contribution in [3.05, 3.63) is 99.6 Å². The predicted molar refractivity (Wildman–Crippen MR) is 117 cm³/mol. The minimum Gasteiger partial charge on any atom is -0.249 e. The van der Waals surface area contributed by atoms with Crippen molar-refractivity contribution in [2.45, 2.75) is 31.3 Å². The van der Waals surface area contributed by atoms with Crippen molar-refractivity contribution < 1.29 is 8.42 Å². The van der Waals surface area contributed by atoms with Crippen LogP contribution in [0.5, 0.6) is 0 Å². The molecular weight excluding hydrogens is 412 g/mol. The third-order valence-corrected chi connectivity index (χ3v) is 7.57. The van der Waals surface area contributed by atoms with E-state index >= 15 is 0 Å². The van der Waals surface area contributed by atoms with Crippen LogP contribution in [0, 0.1) is 6.92 Å². The summed E-state index contributed by atoms with van der Waals surface area (Å²) >= 11 is 0. The smallest absolute Gasteiger partial charge is 0.249 e. The van der Waals surface area contributed by atoms with E-state index in [9.17, 15) is 13.2 Å². The summed E-state index contributed by atoms with van der Waals surface area (Å²) in [4.78, 5) is 12.9. The van der Waals surface area contributed by atoms with Crippen molar-refractivity contribution in [1.82, 2.24) is 18.5 Å². The Bertz CT molecular complexity index is 1450. The van der Waals surface area contributed by atoms with Gasteiger partial charge in [0.25, 0.3) is 0 Å². The predicted octanol–water partition coefficient (Wildman–Crippen LogP) is 2.60. The zero-order chi connectivity index (χ0) is 21.6. The lowest BCUT2D eigenvalue weighted by molar-refractivity contribution is 0.391. The van der Waals surface area contributed by atoms with Gasteiger partial charge in [-0.05, 0) is 42.2 Å². The van der Waals surface area contributed by atoms with E-state index < -0.39 is 10.0 Å². The second-order valence-corrected chi connectivity index (χ2v) is 9.76. The van der Waals surface area contributed by atoms with Crippen LogP contribution in [-0.2, 0) is 29.5 Å². The first-order valence-corrected chi connectivity index (χ1v) is 11.6. The van der Waals surface area contributed by atoms with Gasteiger partial charge in [-0.15, -0.1) is 5.10 Å². The Balaban J connectivity index is 1.55. The normalized spacial score (nSPS) is 14.6. The number of aryl methyl sites for hydroxylation is 1. The molecule has 1 aliphatic heterocycles. The number of aromatic nitrogens is 3. The SMILES string of the molecule is Cc1cccc(Cn2nc3c(S(=O)(=O)N4CCc5ccccc5C4)cccn3c2=O)c1. The van der Waals surface area contributed by atoms with Crippen molar-refractivity contribution in [3.8, 4) is 0 Å². The molecule has 8 heteroatoms. The molecule has 0 saturated carbocycles. The molecule has 1 aliphatic rings. The number of hydrogen-bond acceptors (Lipinski definition) is 4. The number of hydrogen-bond donors (Lipinski definition) is 0. The van der Waals surface area contributed by atoms with E-state index in [4.69, 9.17) is 0 Å². The van der Waals surface area contributed by atoms with Gasteiger partial charge in [0.2, 0.25) is 10.0 Å². The van der Waals surface area contributed by atoms with Crippen LogP contribution < -0.4 is 5.69 Å². The van der Waals surface area contributed by atoms with E-state index in [2.05, 4.69) is 5.10 Å². The number of benzene rings is 2. The molecule has 0 aliphatic carbocycles. The van der Waals surface area contributed by atoms with E-state index in [0.29, 0.717) is 19.5 Å². The second kappa shape index (κ2) is 7.47. The van der Waals surface area contributed by atoms with Crippen molar-refractivity contribution in [1.29, 1.82) is 0 Å². The summed E-state index contributed by atoms with van der Waals surface area (Å²) < 4.78 is 31.1. The monoisotopic (exact) mass is 434 g/mol. The summed E-state index contributed by atoms with van der Waals surface area (Å²) in [5.74, 6) is 0. The maximum atomic E-state index is 13.5. The quantitative estimate of drug-likeness (QED) is 0.495. The fourth-order valence-electron chi connectivity index (χ4n) is 4.12. The first-order chi connectivity index (χ1) is 14.9. The van der Waals surface area contributed by atoms with E-state index in [1.54, 1.807) is 12.3 Å². The molecule has 0 saturated heterocycles. The van der Waals surface area contributed by atoms with Gasteiger partial charge in [-0.2, -0.15) is 4.31 Å². The van der Waals surface area contributed by atoms with Gasteiger partial charge in [-0.3, -0.25) is 0 Å². The molecule has 2 aromatic heterocycles. The van der Waals surface area contributed by atoms with Crippen molar-refractivity contribution >= 4 is 15.7 Å². The number of nitrogens with zero attached hydrogens (tertiary/aromatic N) is 4. The molecule has 4 aromatic rings. The minimum absolute atomic E-state index is 0.0504. The van der Waals surface area contributed by atoms with Gasteiger partial charge in [0.15, 0.2) is 5.65 Å². The molecule has 0 amide bonds. The van der Waals surface area contributed by atoms with Crippen molar-refractivity contribution in [2.24, 2.45) is 0 Å². The average molecular weight is 435 g/mol. The van der Waals surface area contributed by atoms with Crippen LogP contribution in [0.3, 0.4) is 0 Å². The molecule has 0 spiro atoms. The lowest BCUT2D eigenvalue weighted by Crippen LogP contribution is -2.36. The molecule has 158 valence electrons. The van der Waals surface area contributed by atoms with Crippen LogP contribution >= 0.6 is 0 Å². The number of pyridine rings is 1. The molecule has 2 aromatic carbocycles. The molecule has 0 atom stereocenters. The van der Waals surface area contributed by atoms with Gasteiger partial charge in [-0.1, -0.05) is 54.1 Å². The Kier molecular flexibility index (Phi) is 4.75. The maximum absolute atomic E-state index is 13.5. The van der Waals surface area contributed by atoms with E-state index in [1.165, 1.54) is 25.0 Å². The molecule has 0 bridgehead atoms. The molecule has 0 fully saturated rings. The highest BCUT2D eigenvalue weighted by Crippen LogP contribution is 2.26. The Morgan fingerprint density at radius 1 is 1.00 bits per heavy atom. The van der Waals surface area contributed by atoms with Crippen LogP contribution in [0.4, 0.5) is 0 Å². The fourth-order valence-corrected chi connectivity index (χ4v) is 5.65. The van der Waals surface area contributed by atoms with Gasteiger partial charge in [0.05, 0.1) is 6.54 Å². The highest BCUT2D eigenvalue weighted by Gasteiger charge is 2.31. The molecule has 0 N–H and O–H groups in total. The summed E-state index contributed by atoms with van der Waals surface area (Å²) in [6, 6.07) is 18.8. The van der Waals surface area contributed by atoms with E-state index in [1.807, 2.05) is 55.5 Å². The summed E-state index contributed by atoms with van der Waals surface area (Å²) in [6.45, 7) is 2.97. The Hall–Kier alpha value is -3.23. The molecule has 3 heterocycles. The fraction of sp³-hybridized carbons (Fsp3) is 0.217. The summed E-state index contributed by atoms with van der Waals surface area (Å²) in [5, 5.41) is 4.40. The van der Waals surface area contributed by atoms with Gasteiger partial charge < -0.3 is 0 Å². The third-order valence-electron chi connectivity index (χ3n) is 5.70. The first-order valence-electron chi connectivity index (χ1n) is 10.1. The highest BCUT2D eigenvalue weighted by atomic mass is 32.2. The molecular formula is C23H22N4O3S. The molecule has 7 nitrogen and oxygen atoms in total. The number of sulfonamides is 1. The molecule has 5 rings (SSSR count). The standard InChI is InChI=1S/C23H22N4O3S/c1-17-6-4-7-18(14-17)15-27-23(28)26-12-5-10-21(22(26)24-27)31(29,30)25-13-11-19-8-2-3-9-20(19)16-25/h2-10,12,14H,11,13,15-16H2,1H3. The van der Waals surface area contributed by atoms with Crippen LogP contribution in [0.1, 0.15) is 22.3 Å². The zero-order valence-corrected chi connectivity index (χ0v) is 17.9. The molecule has 31 heavy (non-hydrogen) atoms. The summed E-state index contributed by atoms with van der Waals surface area (Å²) in [5.41, 5.74) is 3.99. The average Bonchev–Trinajstić information content (AvgIpc) is 3.08. The minimum atomic E-state index is -3.82. The Labute approximate surface area is 180 Å². The zero-order valence-electron chi connectivity index (χ0n) is 17.1. The van der Waals surface area contributed by atoms with Gasteiger partial charge in [0, 0.05) is 19.3 Å². The van der Waals surface area contributed by atoms with Crippen LogP contribution in [0.15, 0.2) is 76.6 Å². The highest BCUT2D eigenvalue weighted by molar-refractivity contribution is 7.89. The van der Waals surface area contributed by atoms with Crippen LogP contribution in [-0.4, -0.2) is 33.4 Å². The Morgan fingerprint density at radius 2 is 1.81 bits per heavy atom. The summed E-state index contributed by atoms with van der Waals surface area (Å²) in [7, 11) is -3.82. The first kappa shape index (κ1) is 19.7. The molecule has 0 unspecified atom stereocenters. The van der Waals surface area contributed by atoms with Crippen molar-refractivity contribution in [3.63, 3.8) is 0 Å². The van der Waals surface area contributed by atoms with Crippen LogP contribution in [0.2, 0.25) is 0 Å². The van der Waals surface area contributed by atoms with E-state index in [0.717, 1.165) is 16.7 Å². The number of rotatable bonds is 4. The lowest BCUT2D eigenvalue weighted by Gasteiger charge is -2.28. The lowest BCUT2D eigenvalue weighted by atomic mass is 10.0. The largest absolute Gasteiger partial charge is 0.350 e. The van der Waals surface area contributed by atoms with Gasteiger partial charge >= 0.3 is 5.69 Å². The van der Waals surface area contributed by atoms with Crippen LogP contribution in [0.25, 0.3) is 5.65 Å².